The number of nitrogens with two attached hydrogens (primary N) is 1. The minimum absolute atomic E-state index is 0.0197. The topological polar surface area (TPSA) is 135 Å². The molecule has 214 valence electrons. The van der Waals surface area contributed by atoms with Crippen LogP contribution in [-0.2, 0) is 11.2 Å². The second kappa shape index (κ2) is 12.8. The number of unbranched alkanes of at least 4 members (excludes halogenated alkanes) is 1. The molecule has 0 aliphatic heterocycles. The predicted molar refractivity (Wildman–Crippen MR) is 148 cm³/mol. The Morgan fingerprint density at radius 3 is 2.51 bits per heavy atom. The average molecular weight is 585 g/mol. The molecule has 0 saturated carbocycles. The van der Waals surface area contributed by atoms with Crippen LogP contribution in [-0.4, -0.2) is 43.3 Å². The number of Topliss-reactive ketones (excluding diaryl/α,β-unsaturated/α-hetero) is 1. The molecule has 41 heavy (non-hydrogen) atoms. The van der Waals surface area contributed by atoms with Crippen LogP contribution in [0.15, 0.2) is 59.8 Å². The van der Waals surface area contributed by atoms with E-state index in [1.54, 1.807) is 24.3 Å². The number of aromatic nitrogens is 5. The molecule has 0 aliphatic carbocycles. The van der Waals surface area contributed by atoms with E-state index < -0.39 is 29.6 Å². The number of carbonyl (C=O) groups is 2. The average Bonchev–Trinajstić information content (AvgIpc) is 3.44. The first-order chi connectivity index (χ1) is 19.6. The van der Waals surface area contributed by atoms with E-state index in [1.807, 2.05) is 6.92 Å². The maximum Gasteiger partial charge on any atom is 0.283 e. The van der Waals surface area contributed by atoms with Gasteiger partial charge in [0.25, 0.3) is 17.9 Å². The van der Waals surface area contributed by atoms with Gasteiger partial charge in [0.2, 0.25) is 0 Å². The zero-order valence-corrected chi connectivity index (χ0v) is 23.0. The zero-order valence-electron chi connectivity index (χ0n) is 22.3. The van der Waals surface area contributed by atoms with Crippen LogP contribution in [0.4, 0.5) is 8.78 Å². The number of ketones is 1. The van der Waals surface area contributed by atoms with Crippen LogP contribution < -0.4 is 16.0 Å². The number of pyridine rings is 2. The maximum absolute atomic E-state index is 13.5. The van der Waals surface area contributed by atoms with E-state index in [2.05, 4.69) is 15.3 Å². The Morgan fingerprint density at radius 1 is 1.12 bits per heavy atom. The molecule has 0 fully saturated rings. The van der Waals surface area contributed by atoms with Crippen LogP contribution in [0, 0.1) is 0 Å². The van der Waals surface area contributed by atoms with Gasteiger partial charge in [0.1, 0.15) is 17.1 Å². The Morgan fingerprint density at radius 2 is 1.90 bits per heavy atom. The lowest BCUT2D eigenvalue weighted by molar-refractivity contribution is -0.121. The fourth-order valence-electron chi connectivity index (χ4n) is 4.41. The molecule has 0 spiro atoms. The number of benzene rings is 1. The Labute approximate surface area is 238 Å². The normalized spacial score (nSPS) is 12.0. The van der Waals surface area contributed by atoms with E-state index in [1.165, 1.54) is 40.9 Å². The smallest absolute Gasteiger partial charge is 0.283 e. The number of ether oxygens (including phenoxy) is 1. The third-order valence-electron chi connectivity index (χ3n) is 6.49. The third-order valence-corrected chi connectivity index (χ3v) is 6.72. The fraction of sp³-hybridized carbons (Fsp3) is 0.286. The van der Waals surface area contributed by atoms with Gasteiger partial charge >= 0.3 is 0 Å². The van der Waals surface area contributed by atoms with E-state index in [9.17, 15) is 23.2 Å². The fourth-order valence-corrected chi connectivity index (χ4v) is 4.58. The Kier molecular flexibility index (Phi) is 9.23. The number of halogens is 3. The van der Waals surface area contributed by atoms with Gasteiger partial charge in [0, 0.05) is 34.8 Å². The number of hydrogen-bond donors (Lipinski definition) is 1. The molecule has 1 amide bonds. The summed E-state index contributed by atoms with van der Waals surface area (Å²) in [4.78, 5) is 42.3. The van der Waals surface area contributed by atoms with Crippen LogP contribution in [0.5, 0.6) is 5.75 Å². The molecule has 0 aliphatic rings. The summed E-state index contributed by atoms with van der Waals surface area (Å²) in [5.74, 6) is -0.651. The van der Waals surface area contributed by atoms with Gasteiger partial charge < -0.3 is 15.0 Å². The summed E-state index contributed by atoms with van der Waals surface area (Å²) in [5.41, 5.74) is 5.96. The summed E-state index contributed by atoms with van der Waals surface area (Å²) in [6.45, 7) is 1.98. The molecule has 0 bridgehead atoms. The Bertz CT molecular complexity index is 1620. The molecular weight excluding hydrogens is 558 g/mol. The van der Waals surface area contributed by atoms with Crippen LogP contribution in [0.25, 0.3) is 16.8 Å². The number of rotatable bonds is 12. The largest absolute Gasteiger partial charge is 0.495 e. The summed E-state index contributed by atoms with van der Waals surface area (Å²) >= 11 is 6.26. The summed E-state index contributed by atoms with van der Waals surface area (Å²) < 4.78 is 34.5. The van der Waals surface area contributed by atoms with Gasteiger partial charge in [-0.1, -0.05) is 42.6 Å². The lowest BCUT2D eigenvalue weighted by Crippen LogP contribution is -2.30. The number of methoxy groups -OCH3 is 1. The minimum atomic E-state index is -2.81. The van der Waals surface area contributed by atoms with Gasteiger partial charge in [0.15, 0.2) is 5.78 Å². The van der Waals surface area contributed by atoms with Crippen molar-refractivity contribution >= 4 is 23.3 Å². The molecule has 13 heteroatoms. The molecule has 2 N–H and O–H groups in total. The maximum atomic E-state index is 13.5. The van der Waals surface area contributed by atoms with E-state index >= 15 is 0 Å². The second-order valence-electron chi connectivity index (χ2n) is 9.27. The Hall–Kier alpha value is -4.45. The van der Waals surface area contributed by atoms with Crippen molar-refractivity contribution in [3.8, 4) is 22.6 Å². The van der Waals surface area contributed by atoms with Gasteiger partial charge in [-0.15, -0.1) is 5.10 Å². The van der Waals surface area contributed by atoms with Crippen LogP contribution in [0.3, 0.4) is 0 Å². The van der Waals surface area contributed by atoms with Crippen molar-refractivity contribution in [1.82, 2.24) is 24.5 Å². The number of carbonyl (C=O) groups excluding carboxylic acids is 2. The summed E-state index contributed by atoms with van der Waals surface area (Å²) in [7, 11) is 1.41. The highest BCUT2D eigenvalue weighted by atomic mass is 35.5. The minimum Gasteiger partial charge on any atom is -0.495 e. The second-order valence-corrected chi connectivity index (χ2v) is 9.70. The first-order valence-electron chi connectivity index (χ1n) is 12.7. The molecule has 1 unspecified atom stereocenters. The lowest BCUT2D eigenvalue weighted by atomic mass is 9.98. The predicted octanol–water partition coefficient (Wildman–Crippen LogP) is 4.73. The first kappa shape index (κ1) is 29.5. The van der Waals surface area contributed by atoms with Gasteiger partial charge in [-0.25, -0.2) is 13.5 Å². The van der Waals surface area contributed by atoms with Crippen LogP contribution in [0.1, 0.15) is 60.4 Å². The Balaban J connectivity index is 1.75. The lowest BCUT2D eigenvalue weighted by Gasteiger charge is -2.21. The van der Waals surface area contributed by atoms with E-state index in [-0.39, 0.29) is 23.6 Å². The molecule has 4 aromatic rings. The SMILES string of the molecule is CCCCC(C(=O)Cc1ccc(C(N)=O)nc1)n1cc(OC)c(-c2cc(Cl)ccc2-n2cc(C(F)F)nn2)cc1=O. The third kappa shape index (κ3) is 6.65. The standard InChI is InChI=1S/C28H27ClF2N6O4/c1-3-4-5-23(24(38)10-16-6-8-20(28(32)40)33-13-16)36-15-25(41-2)19(12-26(36)39)18-11-17(29)7-9-22(18)37-14-21(27(30)31)34-35-37/h6-9,11-15,23,27H,3-5,10H2,1-2H3,(H2,32,40). The van der Waals surface area contributed by atoms with Gasteiger partial charge in [-0.05, 0) is 36.2 Å². The summed E-state index contributed by atoms with van der Waals surface area (Å²) in [5, 5.41) is 7.64. The van der Waals surface area contributed by atoms with E-state index in [0.717, 1.165) is 12.6 Å². The van der Waals surface area contributed by atoms with E-state index in [4.69, 9.17) is 22.1 Å². The molecule has 1 atom stereocenters. The monoisotopic (exact) mass is 584 g/mol. The van der Waals surface area contributed by atoms with Crippen molar-refractivity contribution in [2.75, 3.05) is 7.11 Å². The highest BCUT2D eigenvalue weighted by molar-refractivity contribution is 6.31. The zero-order chi connectivity index (χ0) is 29.7. The molecule has 1 aromatic carbocycles. The molecule has 10 nitrogen and oxygen atoms in total. The van der Waals surface area contributed by atoms with Crippen molar-refractivity contribution in [1.29, 1.82) is 0 Å². The van der Waals surface area contributed by atoms with E-state index in [0.29, 0.717) is 40.2 Å². The molecule has 3 aromatic heterocycles. The quantitative estimate of drug-likeness (QED) is 0.254. The van der Waals surface area contributed by atoms with Gasteiger partial charge in [-0.2, -0.15) is 0 Å². The van der Waals surface area contributed by atoms with Crippen molar-refractivity contribution in [2.45, 2.75) is 45.1 Å². The number of primary amides is 1. The molecule has 0 saturated heterocycles. The summed E-state index contributed by atoms with van der Waals surface area (Å²) in [6.07, 6.45) is 3.02. The van der Waals surface area contributed by atoms with Crippen molar-refractivity contribution in [2.24, 2.45) is 5.73 Å². The van der Waals surface area contributed by atoms with Crippen LogP contribution >= 0.6 is 11.6 Å². The highest BCUT2D eigenvalue weighted by Gasteiger charge is 2.25. The molecule has 0 radical (unpaired) electrons. The molecular formula is C28H27ClF2N6O4. The van der Waals surface area contributed by atoms with Crippen LogP contribution in [0.2, 0.25) is 5.02 Å². The van der Waals surface area contributed by atoms with Gasteiger partial charge in [0.05, 0.1) is 31.2 Å². The number of amides is 1. The van der Waals surface area contributed by atoms with Gasteiger partial charge in [-0.3, -0.25) is 19.4 Å². The number of alkyl halides is 2. The van der Waals surface area contributed by atoms with Crippen molar-refractivity contribution in [3.63, 3.8) is 0 Å². The molecule has 3 heterocycles. The number of hydrogen-bond acceptors (Lipinski definition) is 7. The number of nitrogens with zero attached hydrogens (tertiary/aromatic N) is 5. The summed E-state index contributed by atoms with van der Waals surface area (Å²) in [6, 6.07) is 8.24. The highest BCUT2D eigenvalue weighted by Crippen LogP contribution is 2.36. The molecule has 4 rings (SSSR count). The van der Waals surface area contributed by atoms with Crippen molar-refractivity contribution < 1.29 is 23.1 Å². The first-order valence-corrected chi connectivity index (χ1v) is 13.1. The van der Waals surface area contributed by atoms with Crippen molar-refractivity contribution in [3.05, 3.63) is 87.3 Å².